The van der Waals surface area contributed by atoms with Crippen molar-refractivity contribution in [2.45, 2.75) is 12.6 Å². The summed E-state index contributed by atoms with van der Waals surface area (Å²) in [5.74, 6) is -2.84. The predicted octanol–water partition coefficient (Wildman–Crippen LogP) is 0.854. The standard InChI is InChI=1S/C12H11F3N2O4/c13-12(14,15)11(10(20)21)4-5-17(6-11)9(19)7-2-1-3-8(18)16-7/h1-3H,4-6H2,(H,16,18)(H,20,21). The minimum absolute atomic E-state index is 0.175. The molecule has 9 heteroatoms. The summed E-state index contributed by atoms with van der Waals surface area (Å²) in [5.41, 5.74) is -3.70. The van der Waals surface area contributed by atoms with E-state index >= 15 is 0 Å². The van der Waals surface area contributed by atoms with Gasteiger partial charge in [-0.2, -0.15) is 13.2 Å². The third-order valence-corrected chi connectivity index (χ3v) is 3.51. The van der Waals surface area contributed by atoms with Crippen LogP contribution in [0.15, 0.2) is 23.0 Å². The number of aromatic amines is 1. The van der Waals surface area contributed by atoms with Crippen molar-refractivity contribution in [1.29, 1.82) is 0 Å². The fourth-order valence-electron chi connectivity index (χ4n) is 2.25. The second kappa shape index (κ2) is 4.90. The number of carboxylic acid groups (broad SMARTS) is 1. The average molecular weight is 304 g/mol. The van der Waals surface area contributed by atoms with Gasteiger partial charge in [0.15, 0.2) is 5.41 Å². The fraction of sp³-hybridized carbons (Fsp3) is 0.417. The number of halogens is 3. The summed E-state index contributed by atoms with van der Waals surface area (Å²) >= 11 is 0. The molecule has 0 aliphatic carbocycles. The van der Waals surface area contributed by atoms with Crippen LogP contribution >= 0.6 is 0 Å². The Kier molecular flexibility index (Phi) is 3.52. The molecule has 1 amide bonds. The molecule has 1 aliphatic rings. The Bertz CT molecular complexity index is 640. The molecule has 6 nitrogen and oxygen atoms in total. The van der Waals surface area contributed by atoms with Gasteiger partial charge in [-0.3, -0.25) is 14.4 Å². The van der Waals surface area contributed by atoms with Gasteiger partial charge in [-0.15, -0.1) is 0 Å². The third kappa shape index (κ3) is 2.50. The van der Waals surface area contributed by atoms with Crippen LogP contribution in [0.25, 0.3) is 0 Å². The molecule has 0 aromatic carbocycles. The Balaban J connectivity index is 2.28. The van der Waals surface area contributed by atoms with Gasteiger partial charge >= 0.3 is 12.1 Å². The first-order valence-corrected chi connectivity index (χ1v) is 5.96. The Labute approximate surface area is 116 Å². The lowest BCUT2D eigenvalue weighted by Crippen LogP contribution is -2.47. The van der Waals surface area contributed by atoms with Gasteiger partial charge in [0.1, 0.15) is 5.69 Å². The molecular formula is C12H11F3N2O4. The maximum absolute atomic E-state index is 13.0. The quantitative estimate of drug-likeness (QED) is 0.847. The largest absolute Gasteiger partial charge is 0.481 e. The summed E-state index contributed by atoms with van der Waals surface area (Å²) in [6, 6.07) is 3.69. The molecule has 1 atom stereocenters. The third-order valence-electron chi connectivity index (χ3n) is 3.51. The van der Waals surface area contributed by atoms with Gasteiger partial charge in [0.25, 0.3) is 5.91 Å². The monoisotopic (exact) mass is 304 g/mol. The molecule has 1 aromatic rings. The van der Waals surface area contributed by atoms with Crippen LogP contribution < -0.4 is 5.56 Å². The second-order valence-corrected chi connectivity index (χ2v) is 4.79. The van der Waals surface area contributed by atoms with Crippen LogP contribution in [-0.4, -0.2) is 46.1 Å². The molecule has 1 aromatic heterocycles. The first-order chi connectivity index (χ1) is 9.67. The van der Waals surface area contributed by atoms with Crippen molar-refractivity contribution < 1.29 is 27.9 Å². The van der Waals surface area contributed by atoms with E-state index in [9.17, 15) is 27.6 Å². The molecule has 0 spiro atoms. The number of aromatic nitrogens is 1. The van der Waals surface area contributed by atoms with Crippen LogP contribution in [0.5, 0.6) is 0 Å². The molecule has 2 rings (SSSR count). The number of amides is 1. The maximum atomic E-state index is 13.0. The van der Waals surface area contributed by atoms with Gasteiger partial charge < -0.3 is 15.0 Å². The van der Waals surface area contributed by atoms with Crippen LogP contribution in [0, 0.1) is 5.41 Å². The zero-order valence-corrected chi connectivity index (χ0v) is 10.6. The molecule has 0 radical (unpaired) electrons. The van der Waals surface area contributed by atoms with Crippen molar-refractivity contribution in [3.63, 3.8) is 0 Å². The van der Waals surface area contributed by atoms with E-state index in [2.05, 4.69) is 4.98 Å². The summed E-state index contributed by atoms with van der Waals surface area (Å²) in [6.07, 6.45) is -5.67. The SMILES string of the molecule is O=C(c1cccc(=O)[nH]1)N1CCC(C(=O)O)(C(F)(F)F)C1. The van der Waals surface area contributed by atoms with Crippen LogP contribution in [0.2, 0.25) is 0 Å². The molecule has 1 saturated heterocycles. The fourth-order valence-corrected chi connectivity index (χ4v) is 2.25. The maximum Gasteiger partial charge on any atom is 0.406 e. The van der Waals surface area contributed by atoms with E-state index in [0.29, 0.717) is 0 Å². The Morgan fingerprint density at radius 3 is 2.48 bits per heavy atom. The number of carbonyl (C=O) groups excluding carboxylic acids is 1. The molecule has 0 bridgehead atoms. The highest BCUT2D eigenvalue weighted by molar-refractivity contribution is 5.93. The van der Waals surface area contributed by atoms with Crippen LogP contribution in [0.4, 0.5) is 13.2 Å². The van der Waals surface area contributed by atoms with E-state index in [4.69, 9.17) is 5.11 Å². The topological polar surface area (TPSA) is 90.5 Å². The van der Waals surface area contributed by atoms with Crippen molar-refractivity contribution in [1.82, 2.24) is 9.88 Å². The number of hydrogen-bond donors (Lipinski definition) is 2. The number of nitrogens with zero attached hydrogens (tertiary/aromatic N) is 1. The Morgan fingerprint density at radius 1 is 1.33 bits per heavy atom. The minimum atomic E-state index is -4.96. The lowest BCUT2D eigenvalue weighted by Gasteiger charge is -2.27. The number of alkyl halides is 3. The molecule has 114 valence electrons. The molecule has 2 N–H and O–H groups in total. The zero-order chi connectivity index (χ0) is 15.8. The molecule has 0 saturated carbocycles. The van der Waals surface area contributed by atoms with E-state index in [1.807, 2.05) is 0 Å². The average Bonchev–Trinajstić information content (AvgIpc) is 2.83. The van der Waals surface area contributed by atoms with Crippen molar-refractivity contribution in [3.8, 4) is 0 Å². The highest BCUT2D eigenvalue weighted by Gasteiger charge is 2.64. The van der Waals surface area contributed by atoms with Gasteiger partial charge in [0.05, 0.1) is 0 Å². The Hall–Kier alpha value is -2.32. The van der Waals surface area contributed by atoms with E-state index in [-0.39, 0.29) is 12.2 Å². The lowest BCUT2D eigenvalue weighted by atomic mass is 9.86. The number of H-pyrrole nitrogens is 1. The van der Waals surface area contributed by atoms with Crippen molar-refractivity contribution in [2.24, 2.45) is 5.41 Å². The van der Waals surface area contributed by atoms with Crippen LogP contribution in [0.1, 0.15) is 16.9 Å². The summed E-state index contributed by atoms with van der Waals surface area (Å²) in [5, 5.41) is 8.90. The van der Waals surface area contributed by atoms with Crippen molar-refractivity contribution in [3.05, 3.63) is 34.2 Å². The Morgan fingerprint density at radius 2 is 2.00 bits per heavy atom. The number of rotatable bonds is 2. The number of nitrogens with one attached hydrogen (secondary N) is 1. The molecular weight excluding hydrogens is 293 g/mol. The number of hydrogen-bond acceptors (Lipinski definition) is 3. The van der Waals surface area contributed by atoms with Crippen LogP contribution in [-0.2, 0) is 4.79 Å². The molecule has 2 heterocycles. The van der Waals surface area contributed by atoms with E-state index in [1.165, 1.54) is 12.1 Å². The number of pyridine rings is 1. The van der Waals surface area contributed by atoms with Gasteiger partial charge in [0, 0.05) is 19.2 Å². The normalized spacial score (nSPS) is 22.3. The molecule has 1 unspecified atom stereocenters. The van der Waals surface area contributed by atoms with Crippen molar-refractivity contribution in [2.75, 3.05) is 13.1 Å². The number of carboxylic acids is 1. The van der Waals surface area contributed by atoms with Crippen LogP contribution in [0.3, 0.4) is 0 Å². The summed E-state index contributed by atoms with van der Waals surface area (Å²) < 4.78 is 39.0. The number of aliphatic carboxylic acids is 1. The first kappa shape index (κ1) is 15.1. The highest BCUT2D eigenvalue weighted by atomic mass is 19.4. The summed E-state index contributed by atoms with van der Waals surface area (Å²) in [4.78, 5) is 37.1. The lowest BCUT2D eigenvalue weighted by molar-refractivity contribution is -0.227. The van der Waals surface area contributed by atoms with Crippen molar-refractivity contribution >= 4 is 11.9 Å². The molecule has 1 aliphatic heterocycles. The highest BCUT2D eigenvalue weighted by Crippen LogP contribution is 2.45. The van der Waals surface area contributed by atoms with Gasteiger partial charge in [0.2, 0.25) is 5.56 Å². The second-order valence-electron chi connectivity index (χ2n) is 4.79. The smallest absolute Gasteiger partial charge is 0.406 e. The van der Waals surface area contributed by atoms with Gasteiger partial charge in [-0.1, -0.05) is 6.07 Å². The molecule has 1 fully saturated rings. The zero-order valence-electron chi connectivity index (χ0n) is 10.6. The summed E-state index contributed by atoms with van der Waals surface area (Å²) in [6.45, 7) is -1.32. The predicted molar refractivity (Wildman–Crippen MR) is 63.7 cm³/mol. The first-order valence-electron chi connectivity index (χ1n) is 5.96. The van der Waals surface area contributed by atoms with E-state index < -0.39 is 42.0 Å². The number of likely N-dealkylation sites (tertiary alicyclic amines) is 1. The number of carbonyl (C=O) groups is 2. The molecule has 21 heavy (non-hydrogen) atoms. The van der Waals surface area contributed by atoms with Gasteiger partial charge in [-0.05, 0) is 12.5 Å². The van der Waals surface area contributed by atoms with Gasteiger partial charge in [-0.25, -0.2) is 0 Å². The van der Waals surface area contributed by atoms with E-state index in [0.717, 1.165) is 11.0 Å². The van der Waals surface area contributed by atoms with E-state index in [1.54, 1.807) is 0 Å². The summed E-state index contributed by atoms with van der Waals surface area (Å²) in [7, 11) is 0. The minimum Gasteiger partial charge on any atom is -0.481 e.